The van der Waals surface area contributed by atoms with Crippen LogP contribution in [0, 0.1) is 0 Å². The lowest BCUT2D eigenvalue weighted by Gasteiger charge is -2.14. The van der Waals surface area contributed by atoms with Gasteiger partial charge in [-0.3, -0.25) is 0 Å². The second-order valence-electron chi connectivity index (χ2n) is 5.06. The monoisotopic (exact) mass is 295 g/mol. The van der Waals surface area contributed by atoms with Crippen LogP contribution in [0.2, 0.25) is 5.28 Å². The van der Waals surface area contributed by atoms with Crippen molar-refractivity contribution < 1.29 is 0 Å². The van der Waals surface area contributed by atoms with Gasteiger partial charge in [-0.25, -0.2) is 4.98 Å². The summed E-state index contributed by atoms with van der Waals surface area (Å²) < 4.78 is 2.12. The summed E-state index contributed by atoms with van der Waals surface area (Å²) in [5.41, 5.74) is 1.60. The van der Waals surface area contributed by atoms with Crippen molar-refractivity contribution in [2.75, 3.05) is 11.9 Å². The first-order chi connectivity index (χ1) is 9.67. The molecule has 110 valence electrons. The van der Waals surface area contributed by atoms with Crippen LogP contribution in [0.1, 0.15) is 52.5 Å². The third-order valence-corrected chi connectivity index (χ3v) is 3.71. The van der Waals surface area contributed by atoms with Crippen molar-refractivity contribution in [3.63, 3.8) is 0 Å². The Morgan fingerprint density at radius 3 is 2.80 bits per heavy atom. The van der Waals surface area contributed by atoms with Crippen molar-refractivity contribution >= 4 is 28.6 Å². The summed E-state index contributed by atoms with van der Waals surface area (Å²) in [7, 11) is 0. The molecule has 0 saturated carbocycles. The minimum absolute atomic E-state index is 0.241. The van der Waals surface area contributed by atoms with E-state index in [9.17, 15) is 0 Å². The first-order valence-corrected chi connectivity index (χ1v) is 7.69. The predicted molar refractivity (Wildman–Crippen MR) is 83.3 cm³/mol. The Bertz CT molecular complexity index is 566. The molecule has 6 heteroatoms. The molecule has 0 aliphatic heterocycles. The molecular weight excluding hydrogens is 274 g/mol. The van der Waals surface area contributed by atoms with E-state index in [0.29, 0.717) is 11.7 Å². The van der Waals surface area contributed by atoms with Gasteiger partial charge in [-0.15, -0.1) is 0 Å². The average molecular weight is 296 g/mol. The number of nitrogens with zero attached hydrogens (tertiary/aromatic N) is 4. The number of halogens is 1. The predicted octanol–water partition coefficient (Wildman–Crippen LogP) is 4.05. The molecule has 2 aromatic heterocycles. The van der Waals surface area contributed by atoms with Gasteiger partial charge in [0.1, 0.15) is 5.52 Å². The second-order valence-corrected chi connectivity index (χ2v) is 5.39. The Morgan fingerprint density at radius 2 is 2.10 bits per heavy atom. The topological polar surface area (TPSA) is 55.6 Å². The molecule has 1 unspecified atom stereocenters. The standard InChI is InChI=1S/C14H22ClN5/c1-4-6-7-8-16-12-11-13(19-14(15)18-12)17-9-20(11)10(3)5-2/h9-10H,4-8H2,1-3H3,(H,16,18,19). The molecule has 5 nitrogen and oxygen atoms in total. The van der Waals surface area contributed by atoms with Crippen molar-refractivity contribution in [3.05, 3.63) is 11.6 Å². The normalized spacial score (nSPS) is 12.8. The molecule has 0 amide bonds. The van der Waals surface area contributed by atoms with Crippen molar-refractivity contribution in [1.29, 1.82) is 0 Å². The van der Waals surface area contributed by atoms with E-state index >= 15 is 0 Å². The van der Waals surface area contributed by atoms with E-state index in [1.807, 2.05) is 6.33 Å². The molecule has 0 fully saturated rings. The number of imidazole rings is 1. The highest BCUT2D eigenvalue weighted by molar-refractivity contribution is 6.28. The number of rotatable bonds is 7. The molecule has 1 N–H and O–H groups in total. The molecule has 2 heterocycles. The van der Waals surface area contributed by atoms with Gasteiger partial charge in [0.05, 0.1) is 6.33 Å². The summed E-state index contributed by atoms with van der Waals surface area (Å²) in [4.78, 5) is 12.9. The van der Waals surface area contributed by atoms with Gasteiger partial charge in [0.2, 0.25) is 5.28 Å². The number of fused-ring (bicyclic) bond motifs is 1. The molecule has 0 spiro atoms. The first-order valence-electron chi connectivity index (χ1n) is 7.31. The van der Waals surface area contributed by atoms with Gasteiger partial charge in [0, 0.05) is 12.6 Å². The molecule has 20 heavy (non-hydrogen) atoms. The molecule has 1 atom stereocenters. The molecular formula is C14H22ClN5. The lowest BCUT2D eigenvalue weighted by atomic mass is 10.2. The Morgan fingerprint density at radius 1 is 1.30 bits per heavy atom. The molecule has 0 aliphatic rings. The molecule has 0 saturated heterocycles. The van der Waals surface area contributed by atoms with Gasteiger partial charge < -0.3 is 9.88 Å². The van der Waals surface area contributed by atoms with Crippen LogP contribution in [0.4, 0.5) is 5.82 Å². The minimum Gasteiger partial charge on any atom is -0.368 e. The second kappa shape index (κ2) is 6.88. The number of nitrogens with one attached hydrogen (secondary N) is 1. The fraction of sp³-hybridized carbons (Fsp3) is 0.643. The zero-order valence-electron chi connectivity index (χ0n) is 12.4. The van der Waals surface area contributed by atoms with Gasteiger partial charge in [-0.05, 0) is 31.4 Å². The lowest BCUT2D eigenvalue weighted by Crippen LogP contribution is -2.09. The van der Waals surface area contributed by atoms with Crippen molar-refractivity contribution in [3.8, 4) is 0 Å². The summed E-state index contributed by atoms with van der Waals surface area (Å²) in [6, 6.07) is 0.362. The maximum atomic E-state index is 5.98. The highest BCUT2D eigenvalue weighted by atomic mass is 35.5. The molecule has 2 aromatic rings. The zero-order valence-corrected chi connectivity index (χ0v) is 13.1. The van der Waals surface area contributed by atoms with Crippen LogP contribution in [0.15, 0.2) is 6.33 Å². The zero-order chi connectivity index (χ0) is 14.5. The summed E-state index contributed by atoms with van der Waals surface area (Å²) in [5, 5.41) is 3.61. The van der Waals surface area contributed by atoms with Gasteiger partial charge >= 0.3 is 0 Å². The number of hydrogen-bond donors (Lipinski definition) is 1. The summed E-state index contributed by atoms with van der Waals surface area (Å²) >= 11 is 5.98. The van der Waals surface area contributed by atoms with E-state index in [1.54, 1.807) is 0 Å². The summed E-state index contributed by atoms with van der Waals surface area (Å²) in [6.45, 7) is 7.40. The SMILES string of the molecule is CCCCCNc1nc(Cl)nc2ncn(C(C)CC)c12. The van der Waals surface area contributed by atoms with E-state index in [2.05, 4.69) is 45.6 Å². The molecule has 0 aromatic carbocycles. The fourth-order valence-corrected chi connectivity index (χ4v) is 2.32. The summed E-state index contributed by atoms with van der Waals surface area (Å²) in [5.74, 6) is 0.786. The Balaban J connectivity index is 2.32. The maximum Gasteiger partial charge on any atom is 0.226 e. The van der Waals surface area contributed by atoms with Crippen LogP contribution < -0.4 is 5.32 Å². The minimum atomic E-state index is 0.241. The number of anilines is 1. The number of unbranched alkanes of at least 4 members (excludes halogenated alkanes) is 2. The van der Waals surface area contributed by atoms with Gasteiger partial charge in [-0.1, -0.05) is 26.7 Å². The maximum absolute atomic E-state index is 5.98. The highest BCUT2D eigenvalue weighted by Gasteiger charge is 2.15. The van der Waals surface area contributed by atoms with E-state index in [-0.39, 0.29) is 5.28 Å². The number of hydrogen-bond acceptors (Lipinski definition) is 4. The lowest BCUT2D eigenvalue weighted by molar-refractivity contribution is 0.544. The molecule has 0 aliphatic carbocycles. The van der Waals surface area contributed by atoms with E-state index < -0.39 is 0 Å². The van der Waals surface area contributed by atoms with Crippen molar-refractivity contribution in [1.82, 2.24) is 19.5 Å². The third-order valence-electron chi connectivity index (χ3n) is 3.54. The van der Waals surface area contributed by atoms with Crippen LogP contribution in [0.3, 0.4) is 0 Å². The number of aromatic nitrogens is 4. The van der Waals surface area contributed by atoms with E-state index in [1.165, 1.54) is 12.8 Å². The van der Waals surface area contributed by atoms with Crippen LogP contribution in [-0.2, 0) is 0 Å². The van der Waals surface area contributed by atoms with Crippen LogP contribution in [-0.4, -0.2) is 26.1 Å². The van der Waals surface area contributed by atoms with Crippen molar-refractivity contribution in [2.45, 2.75) is 52.5 Å². The Labute approximate surface area is 124 Å². The fourth-order valence-electron chi connectivity index (χ4n) is 2.15. The van der Waals surface area contributed by atoms with Crippen LogP contribution in [0.5, 0.6) is 0 Å². The molecule has 0 radical (unpaired) electrons. The highest BCUT2D eigenvalue weighted by Crippen LogP contribution is 2.25. The van der Waals surface area contributed by atoms with E-state index in [0.717, 1.165) is 30.7 Å². The van der Waals surface area contributed by atoms with Gasteiger partial charge in [0.15, 0.2) is 11.5 Å². The average Bonchev–Trinajstić information content (AvgIpc) is 2.86. The van der Waals surface area contributed by atoms with E-state index in [4.69, 9.17) is 11.6 Å². The molecule has 2 rings (SSSR count). The van der Waals surface area contributed by atoms with Crippen molar-refractivity contribution in [2.24, 2.45) is 0 Å². The summed E-state index contributed by atoms with van der Waals surface area (Å²) in [6.07, 6.45) is 6.38. The molecule has 0 bridgehead atoms. The Kier molecular flexibility index (Phi) is 5.17. The van der Waals surface area contributed by atoms with Gasteiger partial charge in [-0.2, -0.15) is 9.97 Å². The third kappa shape index (κ3) is 3.20. The first kappa shape index (κ1) is 15.0. The van der Waals surface area contributed by atoms with Gasteiger partial charge in [0.25, 0.3) is 0 Å². The largest absolute Gasteiger partial charge is 0.368 e. The van der Waals surface area contributed by atoms with Crippen LogP contribution >= 0.6 is 11.6 Å². The quantitative estimate of drug-likeness (QED) is 0.618. The Hall–Kier alpha value is -1.36. The smallest absolute Gasteiger partial charge is 0.226 e. The van der Waals surface area contributed by atoms with Crippen LogP contribution in [0.25, 0.3) is 11.2 Å².